The number of rotatable bonds is 7. The molecule has 0 N–H and O–H groups in total. The molecular weight excluding hydrogens is 182 g/mol. The average molecular weight is 199 g/mol. The summed E-state index contributed by atoms with van der Waals surface area (Å²) in [4.78, 5) is 0. The number of aromatic nitrogens is 3. The van der Waals surface area contributed by atoms with Crippen LogP contribution in [-0.4, -0.2) is 35.1 Å². The summed E-state index contributed by atoms with van der Waals surface area (Å²) in [7, 11) is 1.68. The van der Waals surface area contributed by atoms with Gasteiger partial charge in [-0.2, -0.15) is 0 Å². The highest BCUT2D eigenvalue weighted by molar-refractivity contribution is 4.82. The highest BCUT2D eigenvalue weighted by Crippen LogP contribution is 1.98. The van der Waals surface area contributed by atoms with Crippen LogP contribution >= 0.6 is 0 Å². The standard InChI is InChI=1S/C9H17N3O2/c1-3-5-14-7-9-11-10-8-12(9)4-6-13-2/h8H,3-7H2,1-2H3. The predicted octanol–water partition coefficient (Wildman–Crippen LogP) is 0.851. The van der Waals surface area contributed by atoms with Crippen molar-refractivity contribution in [3.05, 3.63) is 12.2 Å². The molecule has 0 atom stereocenters. The lowest BCUT2D eigenvalue weighted by molar-refractivity contribution is 0.111. The molecule has 1 rings (SSSR count). The summed E-state index contributed by atoms with van der Waals surface area (Å²) in [5.74, 6) is 0.857. The van der Waals surface area contributed by atoms with Crippen molar-refractivity contribution in [1.82, 2.24) is 14.8 Å². The van der Waals surface area contributed by atoms with Gasteiger partial charge in [-0.1, -0.05) is 6.92 Å². The van der Waals surface area contributed by atoms with Crippen molar-refractivity contribution in [3.8, 4) is 0 Å². The van der Waals surface area contributed by atoms with Crippen LogP contribution in [0.1, 0.15) is 19.2 Å². The first kappa shape index (κ1) is 11.1. The Balaban J connectivity index is 2.37. The molecule has 0 aliphatic rings. The number of ether oxygens (including phenoxy) is 2. The fourth-order valence-electron chi connectivity index (χ4n) is 1.07. The first-order valence-corrected chi connectivity index (χ1v) is 4.81. The quantitative estimate of drug-likeness (QED) is 0.611. The number of hydrogen-bond acceptors (Lipinski definition) is 4. The molecule has 0 radical (unpaired) electrons. The van der Waals surface area contributed by atoms with E-state index in [0.29, 0.717) is 13.2 Å². The van der Waals surface area contributed by atoms with Crippen molar-refractivity contribution in [3.63, 3.8) is 0 Å². The molecule has 14 heavy (non-hydrogen) atoms. The van der Waals surface area contributed by atoms with Crippen molar-refractivity contribution in [1.29, 1.82) is 0 Å². The van der Waals surface area contributed by atoms with Crippen LogP contribution in [0.3, 0.4) is 0 Å². The van der Waals surface area contributed by atoms with Gasteiger partial charge in [0.25, 0.3) is 0 Å². The summed E-state index contributed by atoms with van der Waals surface area (Å²) in [5, 5.41) is 7.80. The van der Waals surface area contributed by atoms with Gasteiger partial charge in [0.15, 0.2) is 5.82 Å². The molecule has 0 fully saturated rings. The lowest BCUT2D eigenvalue weighted by atomic mass is 10.5. The van der Waals surface area contributed by atoms with E-state index in [9.17, 15) is 0 Å². The van der Waals surface area contributed by atoms with E-state index in [2.05, 4.69) is 17.1 Å². The minimum atomic E-state index is 0.525. The molecule has 1 aromatic rings. The highest BCUT2D eigenvalue weighted by Gasteiger charge is 2.02. The van der Waals surface area contributed by atoms with E-state index in [-0.39, 0.29) is 0 Å². The Morgan fingerprint density at radius 2 is 2.29 bits per heavy atom. The minimum absolute atomic E-state index is 0.525. The third kappa shape index (κ3) is 3.43. The van der Waals surface area contributed by atoms with Crippen LogP contribution in [0.25, 0.3) is 0 Å². The van der Waals surface area contributed by atoms with Crippen molar-refractivity contribution in [2.45, 2.75) is 26.5 Å². The fourth-order valence-corrected chi connectivity index (χ4v) is 1.07. The summed E-state index contributed by atoms with van der Waals surface area (Å²) in [6.45, 7) is 4.80. The third-order valence-electron chi connectivity index (χ3n) is 1.81. The van der Waals surface area contributed by atoms with Gasteiger partial charge >= 0.3 is 0 Å². The SMILES string of the molecule is CCCOCc1nncn1CCOC. The second kappa shape index (κ2) is 6.50. The minimum Gasteiger partial charge on any atom is -0.383 e. The van der Waals surface area contributed by atoms with Crippen LogP contribution in [-0.2, 0) is 22.6 Å². The predicted molar refractivity (Wildman–Crippen MR) is 51.8 cm³/mol. The molecule has 0 aromatic carbocycles. The van der Waals surface area contributed by atoms with Gasteiger partial charge in [-0.15, -0.1) is 10.2 Å². The molecule has 0 aliphatic carbocycles. The Morgan fingerprint density at radius 1 is 1.43 bits per heavy atom. The maximum atomic E-state index is 5.38. The largest absolute Gasteiger partial charge is 0.383 e. The molecule has 0 saturated carbocycles. The molecule has 1 aromatic heterocycles. The van der Waals surface area contributed by atoms with E-state index in [0.717, 1.165) is 25.4 Å². The normalized spacial score (nSPS) is 10.7. The van der Waals surface area contributed by atoms with Crippen molar-refractivity contribution in [2.24, 2.45) is 0 Å². The van der Waals surface area contributed by atoms with E-state index in [4.69, 9.17) is 9.47 Å². The van der Waals surface area contributed by atoms with Crippen molar-refractivity contribution >= 4 is 0 Å². The van der Waals surface area contributed by atoms with E-state index in [1.807, 2.05) is 4.57 Å². The van der Waals surface area contributed by atoms with Gasteiger partial charge in [0.05, 0.1) is 6.61 Å². The van der Waals surface area contributed by atoms with Crippen LogP contribution in [0, 0.1) is 0 Å². The van der Waals surface area contributed by atoms with Crippen LogP contribution in [0.15, 0.2) is 6.33 Å². The van der Waals surface area contributed by atoms with E-state index >= 15 is 0 Å². The van der Waals surface area contributed by atoms with E-state index < -0.39 is 0 Å². The maximum absolute atomic E-state index is 5.38. The van der Waals surface area contributed by atoms with Gasteiger partial charge in [-0.3, -0.25) is 0 Å². The maximum Gasteiger partial charge on any atom is 0.158 e. The molecule has 80 valence electrons. The van der Waals surface area contributed by atoms with Crippen molar-refractivity contribution in [2.75, 3.05) is 20.3 Å². The third-order valence-corrected chi connectivity index (χ3v) is 1.81. The zero-order chi connectivity index (χ0) is 10.2. The van der Waals surface area contributed by atoms with Crippen LogP contribution < -0.4 is 0 Å². The lowest BCUT2D eigenvalue weighted by Gasteiger charge is -2.05. The molecule has 5 heteroatoms. The van der Waals surface area contributed by atoms with Crippen LogP contribution in [0.2, 0.25) is 0 Å². The Morgan fingerprint density at radius 3 is 3.00 bits per heavy atom. The van der Waals surface area contributed by atoms with Crippen LogP contribution in [0.4, 0.5) is 0 Å². The second-order valence-electron chi connectivity index (χ2n) is 2.99. The van der Waals surface area contributed by atoms with Gasteiger partial charge in [0.1, 0.15) is 12.9 Å². The Bertz CT molecular complexity index is 250. The zero-order valence-electron chi connectivity index (χ0n) is 8.77. The van der Waals surface area contributed by atoms with Gasteiger partial charge in [0.2, 0.25) is 0 Å². The van der Waals surface area contributed by atoms with Gasteiger partial charge in [-0.05, 0) is 6.42 Å². The topological polar surface area (TPSA) is 49.2 Å². The molecule has 1 heterocycles. The fraction of sp³-hybridized carbons (Fsp3) is 0.778. The Labute approximate surface area is 84.0 Å². The molecule has 0 saturated heterocycles. The van der Waals surface area contributed by atoms with Gasteiger partial charge in [-0.25, -0.2) is 0 Å². The Hall–Kier alpha value is -0.940. The zero-order valence-corrected chi connectivity index (χ0v) is 8.77. The van der Waals surface area contributed by atoms with E-state index in [1.54, 1.807) is 13.4 Å². The summed E-state index contributed by atoms with van der Waals surface area (Å²) in [6, 6.07) is 0. The second-order valence-corrected chi connectivity index (χ2v) is 2.99. The number of hydrogen-bond donors (Lipinski definition) is 0. The summed E-state index contributed by atoms with van der Waals surface area (Å²) in [5.41, 5.74) is 0. The molecule has 0 bridgehead atoms. The van der Waals surface area contributed by atoms with E-state index in [1.165, 1.54) is 0 Å². The molecule has 5 nitrogen and oxygen atoms in total. The summed E-state index contributed by atoms with van der Waals surface area (Å²) < 4.78 is 12.3. The lowest BCUT2D eigenvalue weighted by Crippen LogP contribution is -2.09. The molecule has 0 spiro atoms. The van der Waals surface area contributed by atoms with Crippen LogP contribution in [0.5, 0.6) is 0 Å². The summed E-state index contributed by atoms with van der Waals surface area (Å²) >= 11 is 0. The first-order chi connectivity index (χ1) is 6.88. The summed E-state index contributed by atoms with van der Waals surface area (Å²) in [6.07, 6.45) is 2.72. The molecular formula is C9H17N3O2. The smallest absolute Gasteiger partial charge is 0.158 e. The first-order valence-electron chi connectivity index (χ1n) is 4.81. The van der Waals surface area contributed by atoms with Gasteiger partial charge in [0, 0.05) is 20.3 Å². The molecule has 0 aliphatic heterocycles. The monoisotopic (exact) mass is 199 g/mol. The average Bonchev–Trinajstić information content (AvgIpc) is 2.63. The van der Waals surface area contributed by atoms with Crippen molar-refractivity contribution < 1.29 is 9.47 Å². The Kier molecular flexibility index (Phi) is 5.17. The molecule has 0 amide bonds. The molecule has 0 unspecified atom stereocenters. The van der Waals surface area contributed by atoms with Gasteiger partial charge < -0.3 is 14.0 Å². The highest BCUT2D eigenvalue weighted by atomic mass is 16.5. The number of nitrogens with zero attached hydrogens (tertiary/aromatic N) is 3. The number of methoxy groups -OCH3 is 1.